The van der Waals surface area contributed by atoms with E-state index < -0.39 is 0 Å². The molecule has 0 heterocycles. The van der Waals surface area contributed by atoms with Crippen molar-refractivity contribution in [2.24, 2.45) is 5.92 Å². The highest BCUT2D eigenvalue weighted by atomic mass is 31.1. The second-order valence-electron chi connectivity index (χ2n) is 1.95. The first-order valence-electron chi connectivity index (χ1n) is 2.42. The Hall–Kier alpha value is 0.430. The van der Waals surface area contributed by atoms with Crippen LogP contribution in [0.3, 0.4) is 0 Å². The lowest BCUT2D eigenvalue weighted by molar-refractivity contribution is 0.748. The van der Waals surface area contributed by atoms with Crippen molar-refractivity contribution in [3.8, 4) is 0 Å². The largest absolute Gasteiger partial charge is 0.125 e. The van der Waals surface area contributed by atoms with Crippen LogP contribution in [-0.2, 0) is 0 Å². The van der Waals surface area contributed by atoms with Gasteiger partial charge in [0.1, 0.15) is 0 Å². The molecule has 0 radical (unpaired) electrons. The Balaban J connectivity index is 2.63. The second kappa shape index (κ2) is 3.61. The summed E-state index contributed by atoms with van der Waals surface area (Å²) in [5, 5.41) is 0. The van der Waals surface area contributed by atoms with E-state index in [0.717, 1.165) is 14.5 Å². The summed E-state index contributed by atoms with van der Waals surface area (Å²) in [4.78, 5) is 0. The molecule has 6 heavy (non-hydrogen) atoms. The molecule has 0 bridgehead atoms. The van der Waals surface area contributed by atoms with Crippen molar-refractivity contribution >= 4 is 8.58 Å². The normalized spacial score (nSPS) is 12.0. The predicted octanol–water partition coefficient (Wildman–Crippen LogP) is 1.95. The van der Waals surface area contributed by atoms with Crippen LogP contribution in [0.5, 0.6) is 0 Å². The lowest BCUT2D eigenvalue weighted by Crippen LogP contribution is -1.85. The van der Waals surface area contributed by atoms with Crippen LogP contribution in [0.1, 0.15) is 13.8 Å². The van der Waals surface area contributed by atoms with E-state index in [1.54, 1.807) is 0 Å². The highest BCUT2D eigenvalue weighted by Gasteiger charge is 1.85. The van der Waals surface area contributed by atoms with Crippen LogP contribution in [-0.4, -0.2) is 12.8 Å². The van der Waals surface area contributed by atoms with Gasteiger partial charge >= 0.3 is 0 Å². The highest BCUT2D eigenvalue weighted by Crippen LogP contribution is 2.07. The van der Waals surface area contributed by atoms with E-state index in [1.165, 1.54) is 6.16 Å². The molecule has 0 saturated carbocycles. The maximum Gasteiger partial charge on any atom is -0.0333 e. The molecule has 0 amide bonds. The third-order valence-electron chi connectivity index (χ3n) is 0.612. The van der Waals surface area contributed by atoms with Gasteiger partial charge in [-0.3, -0.25) is 0 Å². The minimum Gasteiger partial charge on any atom is -0.125 e. The maximum atomic E-state index is 2.26. The van der Waals surface area contributed by atoms with Gasteiger partial charge in [0, 0.05) is 0 Å². The summed E-state index contributed by atoms with van der Waals surface area (Å²) in [7, 11) is 1.14. The third-order valence-corrected chi connectivity index (χ3v) is 1.84. The molecule has 0 spiro atoms. The van der Waals surface area contributed by atoms with Gasteiger partial charge in [0.2, 0.25) is 0 Å². The molecule has 1 heteroatoms. The van der Waals surface area contributed by atoms with Crippen molar-refractivity contribution in [2.75, 3.05) is 12.8 Å². The molecular weight excluding hydrogens is 91.0 g/mol. The fraction of sp³-hybridized carbons (Fsp3) is 1.00. The summed E-state index contributed by atoms with van der Waals surface area (Å²) in [5.74, 6) is 0.910. The Morgan fingerprint density at radius 3 is 2.00 bits per heavy atom. The molecule has 0 fully saturated rings. The summed E-state index contributed by atoms with van der Waals surface area (Å²) in [5.41, 5.74) is 0. The van der Waals surface area contributed by atoms with Crippen molar-refractivity contribution in [3.05, 3.63) is 0 Å². The van der Waals surface area contributed by atoms with Crippen LogP contribution in [0.15, 0.2) is 0 Å². The topological polar surface area (TPSA) is 0 Å². The van der Waals surface area contributed by atoms with Gasteiger partial charge < -0.3 is 0 Å². The third kappa shape index (κ3) is 4.43. The van der Waals surface area contributed by atoms with Crippen LogP contribution in [0, 0.1) is 5.92 Å². The Labute approximate surface area is 42.1 Å². The molecule has 0 rings (SSSR count). The summed E-state index contributed by atoms with van der Waals surface area (Å²) in [6, 6.07) is 0. The molecule has 0 aromatic heterocycles. The van der Waals surface area contributed by atoms with Gasteiger partial charge in [-0.05, 0) is 18.7 Å². The van der Waals surface area contributed by atoms with Gasteiger partial charge in [-0.15, -0.1) is 8.58 Å². The van der Waals surface area contributed by atoms with E-state index in [4.69, 9.17) is 0 Å². The highest BCUT2D eigenvalue weighted by molar-refractivity contribution is 7.36. The first kappa shape index (κ1) is 6.43. The summed E-state index contributed by atoms with van der Waals surface area (Å²) in [6.07, 6.45) is 1.40. The maximum absolute atomic E-state index is 2.26. The quantitative estimate of drug-likeness (QED) is 0.470. The lowest BCUT2D eigenvalue weighted by Gasteiger charge is -1.96. The summed E-state index contributed by atoms with van der Waals surface area (Å²) < 4.78 is 0. The van der Waals surface area contributed by atoms with Crippen molar-refractivity contribution in [2.45, 2.75) is 13.8 Å². The smallest absolute Gasteiger partial charge is 0.0333 e. The van der Waals surface area contributed by atoms with E-state index in [2.05, 4.69) is 20.5 Å². The van der Waals surface area contributed by atoms with E-state index in [1.807, 2.05) is 0 Å². The van der Waals surface area contributed by atoms with Crippen LogP contribution in [0.2, 0.25) is 0 Å². The Morgan fingerprint density at radius 1 is 1.50 bits per heavy atom. The molecule has 0 aliphatic heterocycles. The van der Waals surface area contributed by atoms with Gasteiger partial charge in [0.05, 0.1) is 0 Å². The van der Waals surface area contributed by atoms with Crippen molar-refractivity contribution in [3.63, 3.8) is 0 Å². The molecule has 0 N–H and O–H groups in total. The minimum absolute atomic E-state index is 0.910. The molecule has 0 aromatic rings. The zero-order valence-electron chi connectivity index (χ0n) is 4.78. The van der Waals surface area contributed by atoms with Gasteiger partial charge in [0.15, 0.2) is 0 Å². The average molecular weight is 104 g/mol. The van der Waals surface area contributed by atoms with Crippen LogP contribution >= 0.6 is 8.58 Å². The molecule has 1 unspecified atom stereocenters. The number of hydrogen-bond donors (Lipinski definition) is 0. The number of hydrogen-bond acceptors (Lipinski definition) is 0. The molecule has 0 saturated heterocycles. The van der Waals surface area contributed by atoms with Crippen molar-refractivity contribution in [1.82, 2.24) is 0 Å². The summed E-state index contributed by atoms with van der Waals surface area (Å²) >= 11 is 0. The van der Waals surface area contributed by atoms with E-state index in [9.17, 15) is 0 Å². The molecule has 1 atom stereocenters. The Kier molecular flexibility index (Phi) is 3.87. The fourth-order valence-corrected chi connectivity index (χ4v) is 1.22. The molecular formula is C5H13P. The average Bonchev–Trinajstić information content (AvgIpc) is 1.35. The Morgan fingerprint density at radius 2 is 2.00 bits per heavy atom. The van der Waals surface area contributed by atoms with Gasteiger partial charge in [-0.1, -0.05) is 13.8 Å². The van der Waals surface area contributed by atoms with Crippen molar-refractivity contribution in [1.29, 1.82) is 0 Å². The fourth-order valence-electron chi connectivity index (χ4n) is 0.408. The van der Waals surface area contributed by atoms with Gasteiger partial charge in [0.25, 0.3) is 0 Å². The minimum atomic E-state index is 0.910. The monoisotopic (exact) mass is 104 g/mol. The first-order chi connectivity index (χ1) is 2.77. The summed E-state index contributed by atoms with van der Waals surface area (Å²) in [6.45, 7) is 6.77. The zero-order chi connectivity index (χ0) is 4.99. The molecule has 0 aliphatic carbocycles. The van der Waals surface area contributed by atoms with Crippen LogP contribution in [0.25, 0.3) is 0 Å². The lowest BCUT2D eigenvalue weighted by atomic mass is 10.3. The van der Waals surface area contributed by atoms with Crippen molar-refractivity contribution < 1.29 is 0 Å². The molecule has 0 nitrogen and oxygen atoms in total. The van der Waals surface area contributed by atoms with Gasteiger partial charge in [-0.25, -0.2) is 0 Å². The van der Waals surface area contributed by atoms with E-state index in [0.29, 0.717) is 0 Å². The SMILES string of the molecule is CPCC(C)C. The number of rotatable bonds is 2. The van der Waals surface area contributed by atoms with E-state index in [-0.39, 0.29) is 0 Å². The van der Waals surface area contributed by atoms with E-state index >= 15 is 0 Å². The first-order valence-corrected chi connectivity index (χ1v) is 4.12. The zero-order valence-corrected chi connectivity index (χ0v) is 5.78. The second-order valence-corrected chi connectivity index (χ2v) is 3.07. The molecule has 38 valence electrons. The molecule has 0 aliphatic rings. The Bertz CT molecular complexity index is 25.1. The standard InChI is InChI=1S/C5H13P/c1-5(2)4-6-3/h5-6H,4H2,1-3H3. The predicted molar refractivity (Wildman–Crippen MR) is 33.9 cm³/mol. The van der Waals surface area contributed by atoms with Crippen LogP contribution in [0.4, 0.5) is 0 Å². The molecule has 0 aromatic carbocycles. The van der Waals surface area contributed by atoms with Gasteiger partial charge in [-0.2, -0.15) is 0 Å². The van der Waals surface area contributed by atoms with Crippen LogP contribution < -0.4 is 0 Å².